The topological polar surface area (TPSA) is 26.3 Å². The fourth-order valence-corrected chi connectivity index (χ4v) is 3.51. The molecule has 0 heterocycles. The third kappa shape index (κ3) is 1.51. The van der Waals surface area contributed by atoms with Gasteiger partial charge in [-0.25, -0.2) is 0 Å². The highest BCUT2D eigenvalue weighted by Crippen LogP contribution is 2.61. The van der Waals surface area contributed by atoms with Gasteiger partial charge in [0.1, 0.15) is 0 Å². The van der Waals surface area contributed by atoms with Crippen LogP contribution in [0.25, 0.3) is 0 Å². The predicted molar refractivity (Wildman–Crippen MR) is 59.3 cm³/mol. The van der Waals surface area contributed by atoms with Crippen molar-refractivity contribution in [3.05, 3.63) is 11.6 Å². The standard InChI is InChI=1S/C13H20O2/c1-8-5-9(6-12(14)15-4)11-7-10(8)13(11,2)3/h5,9-11H,6-7H2,1-4H3/t9-,10-,11+/m0/s1. The summed E-state index contributed by atoms with van der Waals surface area (Å²) in [4.78, 5) is 11.3. The van der Waals surface area contributed by atoms with Gasteiger partial charge in [-0.2, -0.15) is 0 Å². The van der Waals surface area contributed by atoms with Crippen molar-refractivity contribution in [2.45, 2.75) is 33.6 Å². The number of methoxy groups -OCH3 is 1. The molecule has 84 valence electrons. The molecule has 2 nitrogen and oxygen atoms in total. The Morgan fingerprint density at radius 3 is 2.73 bits per heavy atom. The van der Waals surface area contributed by atoms with Crippen molar-refractivity contribution in [3.8, 4) is 0 Å². The summed E-state index contributed by atoms with van der Waals surface area (Å²) in [5, 5.41) is 0. The summed E-state index contributed by atoms with van der Waals surface area (Å²) in [6.45, 7) is 6.85. The van der Waals surface area contributed by atoms with E-state index in [9.17, 15) is 4.79 Å². The second kappa shape index (κ2) is 3.36. The Morgan fingerprint density at radius 1 is 1.60 bits per heavy atom. The molecule has 2 bridgehead atoms. The lowest BCUT2D eigenvalue weighted by atomic mass is 9.46. The van der Waals surface area contributed by atoms with Crippen LogP contribution < -0.4 is 0 Å². The minimum absolute atomic E-state index is 0.0785. The van der Waals surface area contributed by atoms with Crippen molar-refractivity contribution in [2.24, 2.45) is 23.2 Å². The monoisotopic (exact) mass is 208 g/mol. The van der Waals surface area contributed by atoms with E-state index in [1.165, 1.54) is 19.1 Å². The number of fused-ring (bicyclic) bond motifs is 1. The lowest BCUT2D eigenvalue weighted by Gasteiger charge is -2.59. The summed E-state index contributed by atoms with van der Waals surface area (Å²) in [6, 6.07) is 0. The average molecular weight is 208 g/mol. The molecule has 0 radical (unpaired) electrons. The van der Waals surface area contributed by atoms with Gasteiger partial charge >= 0.3 is 5.97 Å². The first-order valence-corrected chi connectivity index (χ1v) is 5.72. The van der Waals surface area contributed by atoms with Gasteiger partial charge in [-0.15, -0.1) is 0 Å². The summed E-state index contributed by atoms with van der Waals surface area (Å²) in [5.41, 5.74) is 1.86. The van der Waals surface area contributed by atoms with Gasteiger partial charge in [-0.05, 0) is 36.5 Å². The van der Waals surface area contributed by atoms with Crippen LogP contribution in [0.2, 0.25) is 0 Å². The molecule has 0 aliphatic heterocycles. The van der Waals surface area contributed by atoms with Gasteiger partial charge < -0.3 is 4.74 Å². The number of hydrogen-bond donors (Lipinski definition) is 0. The summed E-state index contributed by atoms with van der Waals surface area (Å²) in [7, 11) is 1.47. The molecule has 3 aliphatic carbocycles. The molecule has 2 heteroatoms. The van der Waals surface area contributed by atoms with Gasteiger partial charge in [0.15, 0.2) is 0 Å². The smallest absolute Gasteiger partial charge is 0.306 e. The molecule has 3 atom stereocenters. The first-order chi connectivity index (χ1) is 6.96. The van der Waals surface area contributed by atoms with Crippen LogP contribution in [-0.4, -0.2) is 13.1 Å². The molecule has 0 spiro atoms. The highest BCUT2D eigenvalue weighted by molar-refractivity contribution is 5.70. The number of hydrogen-bond acceptors (Lipinski definition) is 2. The van der Waals surface area contributed by atoms with Crippen molar-refractivity contribution in [1.29, 1.82) is 0 Å². The lowest BCUT2D eigenvalue weighted by molar-refractivity contribution is -0.144. The van der Waals surface area contributed by atoms with Crippen molar-refractivity contribution >= 4 is 5.97 Å². The van der Waals surface area contributed by atoms with Gasteiger partial charge in [0, 0.05) is 0 Å². The second-order valence-electron chi connectivity index (χ2n) is 5.57. The van der Waals surface area contributed by atoms with E-state index in [0.29, 0.717) is 23.7 Å². The van der Waals surface area contributed by atoms with E-state index in [1.807, 2.05) is 0 Å². The maximum absolute atomic E-state index is 11.3. The Hall–Kier alpha value is -0.790. The van der Waals surface area contributed by atoms with Crippen LogP contribution in [0.4, 0.5) is 0 Å². The number of carbonyl (C=O) groups is 1. The first kappa shape index (κ1) is 10.7. The second-order valence-corrected chi connectivity index (χ2v) is 5.57. The molecule has 3 aliphatic rings. The molecule has 1 fully saturated rings. The number of ether oxygens (including phenoxy) is 1. The van der Waals surface area contributed by atoms with Crippen LogP contribution in [-0.2, 0) is 9.53 Å². The lowest BCUT2D eigenvalue weighted by Crippen LogP contribution is -2.52. The summed E-state index contributed by atoms with van der Waals surface area (Å²) in [6.07, 6.45) is 4.10. The van der Waals surface area contributed by atoms with Gasteiger partial charge in [0.2, 0.25) is 0 Å². The highest BCUT2D eigenvalue weighted by atomic mass is 16.5. The van der Waals surface area contributed by atoms with E-state index in [1.54, 1.807) is 0 Å². The van der Waals surface area contributed by atoms with Crippen LogP contribution in [0.1, 0.15) is 33.6 Å². The Morgan fingerprint density at radius 2 is 2.27 bits per heavy atom. The minimum atomic E-state index is -0.0785. The van der Waals surface area contributed by atoms with Crippen LogP contribution in [0, 0.1) is 23.2 Å². The fraction of sp³-hybridized carbons (Fsp3) is 0.769. The van der Waals surface area contributed by atoms with E-state index in [-0.39, 0.29) is 5.97 Å². The van der Waals surface area contributed by atoms with Crippen molar-refractivity contribution in [1.82, 2.24) is 0 Å². The highest BCUT2D eigenvalue weighted by Gasteiger charge is 2.54. The van der Waals surface area contributed by atoms with Crippen molar-refractivity contribution < 1.29 is 9.53 Å². The van der Waals surface area contributed by atoms with Crippen LogP contribution >= 0.6 is 0 Å². The maximum Gasteiger partial charge on any atom is 0.306 e. The fourth-order valence-electron chi connectivity index (χ4n) is 3.51. The van der Waals surface area contributed by atoms with E-state index in [2.05, 4.69) is 26.8 Å². The SMILES string of the molecule is COC(=O)C[C@@H]1C=C(C)[C@@H]2C[C@H]1C2(C)C. The molecule has 0 saturated heterocycles. The normalized spacial score (nSPS) is 36.5. The molecule has 15 heavy (non-hydrogen) atoms. The maximum atomic E-state index is 11.3. The van der Waals surface area contributed by atoms with Crippen molar-refractivity contribution in [2.75, 3.05) is 7.11 Å². The van der Waals surface area contributed by atoms with Crippen molar-refractivity contribution in [3.63, 3.8) is 0 Å². The van der Waals surface area contributed by atoms with E-state index in [0.717, 1.165) is 5.92 Å². The van der Waals surface area contributed by atoms with Crippen LogP contribution in [0.15, 0.2) is 11.6 Å². The molecule has 0 aromatic rings. The molecule has 0 amide bonds. The molecule has 1 saturated carbocycles. The Kier molecular flexibility index (Phi) is 2.40. The largest absolute Gasteiger partial charge is 0.469 e. The number of esters is 1. The van der Waals surface area contributed by atoms with E-state index in [4.69, 9.17) is 4.74 Å². The van der Waals surface area contributed by atoms with Gasteiger partial charge in [-0.3, -0.25) is 4.79 Å². The molecule has 0 aromatic heterocycles. The first-order valence-electron chi connectivity index (χ1n) is 5.72. The quantitative estimate of drug-likeness (QED) is 0.515. The zero-order valence-electron chi connectivity index (χ0n) is 10.0. The summed E-state index contributed by atoms with van der Waals surface area (Å²) >= 11 is 0. The number of allylic oxidation sites excluding steroid dienone is 2. The summed E-state index contributed by atoms with van der Waals surface area (Å²) < 4.78 is 4.75. The Bertz CT molecular complexity index is 314. The Labute approximate surface area is 91.7 Å². The number of rotatable bonds is 2. The Balaban J connectivity index is 2.14. The van der Waals surface area contributed by atoms with Gasteiger partial charge in [-0.1, -0.05) is 25.5 Å². The third-order valence-electron chi connectivity index (χ3n) is 4.52. The molecular weight excluding hydrogens is 188 g/mol. The zero-order chi connectivity index (χ0) is 11.2. The predicted octanol–water partition coefficient (Wildman–Crippen LogP) is 2.79. The third-order valence-corrected chi connectivity index (χ3v) is 4.52. The van der Waals surface area contributed by atoms with Gasteiger partial charge in [0.25, 0.3) is 0 Å². The summed E-state index contributed by atoms with van der Waals surface area (Å²) in [5.74, 6) is 1.74. The molecule has 0 N–H and O–H groups in total. The van der Waals surface area contributed by atoms with Crippen LogP contribution in [0.5, 0.6) is 0 Å². The molecule has 3 rings (SSSR count). The number of carbonyl (C=O) groups excluding carboxylic acids is 1. The minimum Gasteiger partial charge on any atom is -0.469 e. The molecular formula is C13H20O2. The zero-order valence-corrected chi connectivity index (χ0v) is 10.0. The van der Waals surface area contributed by atoms with E-state index >= 15 is 0 Å². The average Bonchev–Trinajstić information content (AvgIpc) is 2.15. The van der Waals surface area contributed by atoms with E-state index < -0.39 is 0 Å². The molecule has 0 aromatic carbocycles. The van der Waals surface area contributed by atoms with Gasteiger partial charge in [0.05, 0.1) is 13.5 Å². The molecule has 0 unspecified atom stereocenters. The van der Waals surface area contributed by atoms with Crippen LogP contribution in [0.3, 0.4) is 0 Å².